The van der Waals surface area contributed by atoms with Crippen molar-refractivity contribution in [3.8, 4) is 16.8 Å². The number of aromatic carboxylic acids is 1. The molecule has 0 saturated carbocycles. The van der Waals surface area contributed by atoms with Crippen molar-refractivity contribution >= 4 is 50.8 Å². The summed E-state index contributed by atoms with van der Waals surface area (Å²) in [6, 6.07) is 25.3. The minimum Gasteiger partial charge on any atom is -0.476 e. The minimum atomic E-state index is -4.28. The zero-order chi connectivity index (χ0) is 36.5. The first-order chi connectivity index (χ1) is 24.5. The number of nitrogens with zero attached hydrogens (tertiary/aromatic N) is 2. The zero-order valence-corrected chi connectivity index (χ0v) is 30.8. The van der Waals surface area contributed by atoms with Crippen LogP contribution in [0.15, 0.2) is 95.9 Å². The van der Waals surface area contributed by atoms with Crippen molar-refractivity contribution in [2.45, 2.75) is 63.7 Å². The van der Waals surface area contributed by atoms with Crippen LogP contribution in [0.1, 0.15) is 83.6 Å². The number of halogens is 2. The van der Waals surface area contributed by atoms with Crippen molar-refractivity contribution in [1.29, 1.82) is 0 Å². The van der Waals surface area contributed by atoms with E-state index >= 15 is 0 Å². The van der Waals surface area contributed by atoms with Crippen molar-refractivity contribution in [2.75, 3.05) is 11.9 Å². The van der Waals surface area contributed by atoms with Gasteiger partial charge in [0, 0.05) is 29.8 Å². The number of hydrogen-bond donors (Lipinski definition) is 3. The smallest absolute Gasteiger partial charge is 0.354 e. The van der Waals surface area contributed by atoms with Gasteiger partial charge in [-0.2, -0.15) is 5.10 Å². The Morgan fingerprint density at radius 3 is 2.25 bits per heavy atom. The summed E-state index contributed by atoms with van der Waals surface area (Å²) in [6.07, 6.45) is 5.83. The molecular formula is C39H40Cl2N4O5S. The molecule has 0 aliphatic rings. The Balaban J connectivity index is 1.46. The number of rotatable bonds is 16. The van der Waals surface area contributed by atoms with E-state index in [0.717, 1.165) is 49.9 Å². The van der Waals surface area contributed by atoms with Gasteiger partial charge in [0.2, 0.25) is 0 Å². The summed E-state index contributed by atoms with van der Waals surface area (Å²) >= 11 is 12.8. The van der Waals surface area contributed by atoms with Crippen molar-refractivity contribution in [3.05, 3.63) is 129 Å². The predicted molar refractivity (Wildman–Crippen MR) is 203 cm³/mol. The highest BCUT2D eigenvalue weighted by Crippen LogP contribution is 2.32. The summed E-state index contributed by atoms with van der Waals surface area (Å²) < 4.78 is 30.5. The van der Waals surface area contributed by atoms with E-state index in [0.29, 0.717) is 39.5 Å². The molecule has 3 N–H and O–H groups in total. The lowest BCUT2D eigenvalue weighted by molar-refractivity contribution is 0.0685. The third-order valence-corrected chi connectivity index (χ3v) is 10.5. The average molecular weight is 748 g/mol. The fourth-order valence-corrected chi connectivity index (χ4v) is 7.45. The Labute approximate surface area is 308 Å². The number of sulfonamides is 1. The first-order valence-electron chi connectivity index (χ1n) is 16.9. The van der Waals surface area contributed by atoms with Crippen LogP contribution in [-0.4, -0.2) is 41.7 Å². The summed E-state index contributed by atoms with van der Waals surface area (Å²) in [5.74, 6) is -1.96. The molecule has 0 aliphatic heterocycles. The van der Waals surface area contributed by atoms with E-state index in [1.807, 2.05) is 24.3 Å². The number of carboxylic acid groups (broad SMARTS) is 1. The molecule has 0 spiro atoms. The molecule has 51 heavy (non-hydrogen) atoms. The number of carbonyl (C=O) groups excluding carboxylic acids is 1. The molecular weight excluding hydrogens is 707 g/mol. The van der Waals surface area contributed by atoms with E-state index < -0.39 is 21.9 Å². The van der Waals surface area contributed by atoms with Crippen molar-refractivity contribution in [3.63, 3.8) is 0 Å². The largest absolute Gasteiger partial charge is 0.476 e. The first-order valence-corrected chi connectivity index (χ1v) is 19.2. The zero-order valence-electron chi connectivity index (χ0n) is 28.5. The Morgan fingerprint density at radius 1 is 0.843 bits per heavy atom. The number of carbonyl (C=O) groups is 2. The number of aromatic nitrogens is 2. The van der Waals surface area contributed by atoms with E-state index in [4.69, 9.17) is 28.3 Å². The van der Waals surface area contributed by atoms with Crippen LogP contribution >= 0.6 is 23.2 Å². The number of nitrogens with one attached hydrogen (secondary N) is 2. The molecule has 0 fully saturated rings. The van der Waals surface area contributed by atoms with Gasteiger partial charge >= 0.3 is 5.97 Å². The van der Waals surface area contributed by atoms with Gasteiger partial charge < -0.3 is 10.4 Å². The molecule has 0 radical (unpaired) electrons. The maximum absolute atomic E-state index is 13.4. The minimum absolute atomic E-state index is 0.0425. The number of benzene rings is 4. The molecule has 0 aliphatic carbocycles. The van der Waals surface area contributed by atoms with Crippen LogP contribution in [0.25, 0.3) is 16.8 Å². The fraction of sp³-hybridized carbons (Fsp3) is 0.256. The number of anilines is 1. The maximum Gasteiger partial charge on any atom is 0.354 e. The molecule has 0 unspecified atom stereocenters. The molecule has 5 rings (SSSR count). The molecule has 4 aromatic carbocycles. The third kappa shape index (κ3) is 9.00. The molecule has 0 saturated heterocycles. The lowest BCUT2D eigenvalue weighted by Crippen LogP contribution is -2.31. The molecule has 266 valence electrons. The normalized spacial score (nSPS) is 11.4. The highest BCUT2D eigenvalue weighted by molar-refractivity contribution is 7.90. The van der Waals surface area contributed by atoms with Crippen molar-refractivity contribution < 1.29 is 23.1 Å². The summed E-state index contributed by atoms with van der Waals surface area (Å²) in [5, 5.41) is 19.3. The third-order valence-electron chi connectivity index (χ3n) is 8.49. The monoisotopic (exact) mass is 746 g/mol. The van der Waals surface area contributed by atoms with E-state index in [1.165, 1.54) is 22.9 Å². The molecule has 0 bridgehead atoms. The quantitative estimate of drug-likeness (QED) is 0.0859. The van der Waals surface area contributed by atoms with Crippen LogP contribution in [0.4, 0.5) is 5.69 Å². The highest BCUT2D eigenvalue weighted by atomic mass is 35.5. The molecule has 5 aromatic rings. The van der Waals surface area contributed by atoms with Crippen LogP contribution in [0.2, 0.25) is 10.0 Å². The standard InChI is InChI=1S/C39H40Cl2N4O5S/c1-3-5-11-23-42-28-21-22-33(41)35(25-28)45-37(39(47)48)31(34(43-45)15-6-4-2)24-26-17-19-27(20-18-26)29-12-8-10-16-36(29)51(49,50)44-38(46)30-13-7-9-14-32(30)40/h7-10,12-14,16-22,25,42H,3-6,11,15,23-24H2,1-2H3,(H,44,46)(H,47,48). The second-order valence-corrected chi connectivity index (χ2v) is 14.6. The Hall–Kier alpha value is -4.64. The van der Waals surface area contributed by atoms with Gasteiger partial charge in [0.1, 0.15) is 0 Å². The first kappa shape index (κ1) is 37.6. The van der Waals surface area contributed by atoms with Crippen LogP contribution in [0.3, 0.4) is 0 Å². The van der Waals surface area contributed by atoms with Gasteiger partial charge in [-0.15, -0.1) is 0 Å². The highest BCUT2D eigenvalue weighted by Gasteiger charge is 2.26. The molecule has 1 amide bonds. The van der Waals surface area contributed by atoms with E-state index in [2.05, 4.69) is 23.9 Å². The lowest BCUT2D eigenvalue weighted by Gasteiger charge is -2.13. The number of aryl methyl sites for hydroxylation is 1. The van der Waals surface area contributed by atoms with Gasteiger partial charge in [-0.3, -0.25) is 4.79 Å². The summed E-state index contributed by atoms with van der Waals surface area (Å²) in [4.78, 5) is 25.6. The summed E-state index contributed by atoms with van der Waals surface area (Å²) in [6.45, 7) is 5.00. The van der Waals surface area contributed by atoms with Crippen LogP contribution in [0.5, 0.6) is 0 Å². The van der Waals surface area contributed by atoms with Gasteiger partial charge in [0.15, 0.2) is 5.69 Å². The molecule has 1 heterocycles. The Morgan fingerprint density at radius 2 is 1.55 bits per heavy atom. The second-order valence-electron chi connectivity index (χ2n) is 12.2. The molecule has 12 heteroatoms. The van der Waals surface area contributed by atoms with E-state index in [1.54, 1.807) is 48.5 Å². The van der Waals surface area contributed by atoms with E-state index in [9.17, 15) is 23.1 Å². The number of amides is 1. The number of carboxylic acids is 1. The van der Waals surface area contributed by atoms with Gasteiger partial charge in [0.25, 0.3) is 15.9 Å². The van der Waals surface area contributed by atoms with Crippen LogP contribution < -0.4 is 10.0 Å². The number of hydrogen-bond acceptors (Lipinski definition) is 6. The fourth-order valence-electron chi connectivity index (χ4n) is 5.84. The van der Waals surface area contributed by atoms with Crippen LogP contribution in [0, 0.1) is 0 Å². The summed E-state index contributed by atoms with van der Waals surface area (Å²) in [7, 11) is -4.28. The van der Waals surface area contributed by atoms with Crippen LogP contribution in [-0.2, 0) is 22.9 Å². The van der Waals surface area contributed by atoms with Gasteiger partial charge in [-0.1, -0.05) is 111 Å². The Kier molecular flexibility index (Phi) is 12.6. The van der Waals surface area contributed by atoms with Gasteiger partial charge in [-0.05, 0) is 66.8 Å². The van der Waals surface area contributed by atoms with E-state index in [-0.39, 0.29) is 27.6 Å². The lowest BCUT2D eigenvalue weighted by atomic mass is 9.97. The number of unbranched alkanes of at least 4 members (excludes halogenated alkanes) is 3. The van der Waals surface area contributed by atoms with Gasteiger partial charge in [-0.25, -0.2) is 22.6 Å². The SMILES string of the molecule is CCCCCNc1ccc(Cl)c(-n2nc(CCCC)c(Cc3ccc(-c4ccccc4S(=O)(=O)NC(=O)c4ccccc4Cl)cc3)c2C(=O)O)c1. The molecule has 9 nitrogen and oxygen atoms in total. The average Bonchev–Trinajstić information content (AvgIpc) is 3.47. The molecule has 1 aromatic heterocycles. The second kappa shape index (κ2) is 17.0. The maximum atomic E-state index is 13.4. The predicted octanol–water partition coefficient (Wildman–Crippen LogP) is 9.20. The Bertz CT molecular complexity index is 2130. The summed E-state index contributed by atoms with van der Waals surface area (Å²) in [5.41, 5.74) is 4.46. The molecule has 0 atom stereocenters. The van der Waals surface area contributed by atoms with Crippen molar-refractivity contribution in [2.24, 2.45) is 0 Å². The topological polar surface area (TPSA) is 130 Å². The van der Waals surface area contributed by atoms with Gasteiger partial charge in [0.05, 0.1) is 31.9 Å². The van der Waals surface area contributed by atoms with Crippen molar-refractivity contribution in [1.82, 2.24) is 14.5 Å².